The first kappa shape index (κ1) is 25.6. The van der Waals surface area contributed by atoms with Crippen LogP contribution in [0, 0.1) is 0 Å². The Bertz CT molecular complexity index is 1320. The molecule has 0 spiro atoms. The van der Waals surface area contributed by atoms with Crippen molar-refractivity contribution in [3.63, 3.8) is 0 Å². The molecule has 36 heavy (non-hydrogen) atoms. The van der Waals surface area contributed by atoms with Gasteiger partial charge in [-0.25, -0.2) is 0 Å². The van der Waals surface area contributed by atoms with E-state index in [1.165, 1.54) is 17.7 Å². The standard InChI is InChI=1S/C26H25F3N4O2S/c1-25(2,3)18-11-9-17(10-12-18)23-31-32-24(33(23)15-21-8-5-13-35-21)36-16-22(34)30-20-7-4-6-19(14-20)26(27,28)29/h4-14H,15-16H2,1-3H3,(H,30,34). The van der Waals surface area contributed by atoms with Crippen molar-refractivity contribution in [2.75, 3.05) is 11.1 Å². The number of nitrogens with zero attached hydrogens (tertiary/aromatic N) is 3. The Morgan fingerprint density at radius 2 is 1.75 bits per heavy atom. The van der Waals surface area contributed by atoms with Gasteiger partial charge >= 0.3 is 6.18 Å². The number of rotatable bonds is 7. The van der Waals surface area contributed by atoms with Gasteiger partial charge in [-0.15, -0.1) is 10.2 Å². The van der Waals surface area contributed by atoms with E-state index in [-0.39, 0.29) is 16.9 Å². The van der Waals surface area contributed by atoms with Crippen LogP contribution in [0.2, 0.25) is 0 Å². The van der Waals surface area contributed by atoms with Crippen molar-refractivity contribution in [3.8, 4) is 11.4 Å². The third kappa shape index (κ3) is 6.17. The fourth-order valence-corrected chi connectivity index (χ4v) is 4.27. The normalized spacial score (nSPS) is 12.1. The van der Waals surface area contributed by atoms with E-state index in [1.807, 2.05) is 22.8 Å². The van der Waals surface area contributed by atoms with Crippen molar-refractivity contribution < 1.29 is 22.4 Å². The molecule has 188 valence electrons. The summed E-state index contributed by atoms with van der Waals surface area (Å²) in [5, 5.41) is 11.6. The summed E-state index contributed by atoms with van der Waals surface area (Å²) >= 11 is 1.14. The Balaban J connectivity index is 1.53. The van der Waals surface area contributed by atoms with Crippen LogP contribution < -0.4 is 5.32 Å². The number of benzene rings is 2. The number of amides is 1. The molecule has 0 unspecified atom stereocenters. The maximum absolute atomic E-state index is 13.0. The zero-order valence-corrected chi connectivity index (χ0v) is 20.8. The monoisotopic (exact) mass is 514 g/mol. The largest absolute Gasteiger partial charge is 0.467 e. The minimum absolute atomic E-state index is 0.00830. The van der Waals surface area contributed by atoms with Gasteiger partial charge in [0, 0.05) is 11.3 Å². The minimum Gasteiger partial charge on any atom is -0.467 e. The number of halogens is 3. The van der Waals surface area contributed by atoms with Gasteiger partial charge < -0.3 is 9.73 Å². The Morgan fingerprint density at radius 1 is 1.00 bits per heavy atom. The molecule has 0 radical (unpaired) electrons. The second-order valence-electron chi connectivity index (χ2n) is 9.21. The number of carbonyl (C=O) groups is 1. The summed E-state index contributed by atoms with van der Waals surface area (Å²) in [6.45, 7) is 6.77. The van der Waals surface area contributed by atoms with Crippen molar-refractivity contribution in [2.45, 2.75) is 44.1 Å². The van der Waals surface area contributed by atoms with Gasteiger partial charge in [0.1, 0.15) is 5.76 Å². The molecule has 0 saturated heterocycles. The van der Waals surface area contributed by atoms with E-state index >= 15 is 0 Å². The first-order valence-corrected chi connectivity index (χ1v) is 12.2. The highest BCUT2D eigenvalue weighted by Gasteiger charge is 2.30. The highest BCUT2D eigenvalue weighted by Crippen LogP contribution is 2.31. The third-order valence-corrected chi connectivity index (χ3v) is 6.39. The summed E-state index contributed by atoms with van der Waals surface area (Å²) in [5.74, 6) is 0.795. The number of hydrogen-bond donors (Lipinski definition) is 1. The molecule has 0 atom stereocenters. The quantitative estimate of drug-likeness (QED) is 0.280. The number of thioether (sulfide) groups is 1. The Kier molecular flexibility index (Phi) is 7.26. The van der Waals surface area contributed by atoms with Crippen molar-refractivity contribution >= 4 is 23.4 Å². The maximum Gasteiger partial charge on any atom is 0.416 e. The highest BCUT2D eigenvalue weighted by molar-refractivity contribution is 7.99. The first-order chi connectivity index (χ1) is 17.0. The fourth-order valence-electron chi connectivity index (χ4n) is 3.53. The van der Waals surface area contributed by atoms with Crippen molar-refractivity contribution in [3.05, 3.63) is 83.8 Å². The number of aromatic nitrogens is 3. The lowest BCUT2D eigenvalue weighted by molar-refractivity contribution is -0.137. The molecule has 2 aromatic carbocycles. The zero-order chi connectivity index (χ0) is 25.9. The molecular weight excluding hydrogens is 489 g/mol. The lowest BCUT2D eigenvalue weighted by Crippen LogP contribution is -2.15. The molecule has 6 nitrogen and oxygen atoms in total. The predicted molar refractivity (Wildman–Crippen MR) is 133 cm³/mol. The van der Waals surface area contributed by atoms with Gasteiger partial charge in [0.15, 0.2) is 11.0 Å². The molecular formula is C26H25F3N4O2S. The second kappa shape index (κ2) is 10.2. The topological polar surface area (TPSA) is 73.0 Å². The van der Waals surface area contributed by atoms with Crippen LogP contribution in [0.3, 0.4) is 0 Å². The van der Waals surface area contributed by atoms with E-state index in [1.54, 1.807) is 12.3 Å². The van der Waals surface area contributed by atoms with E-state index in [2.05, 4.69) is 48.4 Å². The summed E-state index contributed by atoms with van der Waals surface area (Å²) in [4.78, 5) is 12.5. The number of carbonyl (C=O) groups excluding carboxylic acids is 1. The average molecular weight is 515 g/mol. The highest BCUT2D eigenvalue weighted by atomic mass is 32.2. The lowest BCUT2D eigenvalue weighted by Gasteiger charge is -2.19. The molecule has 0 fully saturated rings. The van der Waals surface area contributed by atoms with Gasteiger partial charge in [-0.05, 0) is 41.3 Å². The van der Waals surface area contributed by atoms with Crippen LogP contribution >= 0.6 is 11.8 Å². The summed E-state index contributed by atoms with van der Waals surface area (Å²) in [6, 6.07) is 16.2. The zero-order valence-electron chi connectivity index (χ0n) is 20.0. The summed E-state index contributed by atoms with van der Waals surface area (Å²) in [5.41, 5.74) is 1.31. The maximum atomic E-state index is 13.0. The molecule has 4 aromatic rings. The number of nitrogens with one attached hydrogen (secondary N) is 1. The molecule has 0 aliphatic heterocycles. The SMILES string of the molecule is CC(C)(C)c1ccc(-c2nnc(SCC(=O)Nc3cccc(C(F)(F)F)c3)n2Cc2ccco2)cc1. The second-order valence-corrected chi connectivity index (χ2v) is 10.2. The van der Waals surface area contributed by atoms with Crippen LogP contribution in [-0.4, -0.2) is 26.4 Å². The average Bonchev–Trinajstić information content (AvgIpc) is 3.47. The van der Waals surface area contributed by atoms with E-state index in [0.717, 1.165) is 29.5 Å². The van der Waals surface area contributed by atoms with Crippen LogP contribution in [0.5, 0.6) is 0 Å². The molecule has 4 rings (SSSR count). The first-order valence-electron chi connectivity index (χ1n) is 11.2. The summed E-state index contributed by atoms with van der Waals surface area (Å²) < 4.78 is 46.2. The van der Waals surface area contributed by atoms with Gasteiger partial charge in [-0.1, -0.05) is 62.9 Å². The van der Waals surface area contributed by atoms with Gasteiger partial charge in [-0.2, -0.15) is 13.2 Å². The predicted octanol–water partition coefficient (Wildman–Crippen LogP) is 6.63. The number of alkyl halides is 3. The molecule has 1 amide bonds. The van der Waals surface area contributed by atoms with Gasteiger partial charge in [-0.3, -0.25) is 9.36 Å². The number of furan rings is 1. The van der Waals surface area contributed by atoms with E-state index in [0.29, 0.717) is 23.3 Å². The molecule has 10 heteroatoms. The summed E-state index contributed by atoms with van der Waals surface area (Å²) in [6.07, 6.45) is -2.91. The van der Waals surface area contributed by atoms with Crippen LogP contribution in [0.1, 0.15) is 37.7 Å². The Hall–Kier alpha value is -3.53. The van der Waals surface area contributed by atoms with Crippen LogP contribution in [0.15, 0.2) is 76.5 Å². The number of hydrogen-bond acceptors (Lipinski definition) is 5. The van der Waals surface area contributed by atoms with E-state index in [9.17, 15) is 18.0 Å². The molecule has 0 bridgehead atoms. The summed E-state index contributed by atoms with van der Waals surface area (Å²) in [7, 11) is 0. The lowest BCUT2D eigenvalue weighted by atomic mass is 9.87. The Labute approximate surface area is 210 Å². The molecule has 0 saturated carbocycles. The van der Waals surface area contributed by atoms with Crippen LogP contribution in [0.25, 0.3) is 11.4 Å². The van der Waals surface area contributed by atoms with E-state index in [4.69, 9.17) is 4.42 Å². The molecule has 1 N–H and O–H groups in total. The van der Waals surface area contributed by atoms with Crippen molar-refractivity contribution in [1.82, 2.24) is 14.8 Å². The smallest absolute Gasteiger partial charge is 0.416 e. The fraction of sp³-hybridized carbons (Fsp3) is 0.269. The molecule has 0 aliphatic rings. The number of anilines is 1. The molecule has 2 heterocycles. The van der Waals surface area contributed by atoms with Crippen molar-refractivity contribution in [2.24, 2.45) is 0 Å². The van der Waals surface area contributed by atoms with Crippen molar-refractivity contribution in [1.29, 1.82) is 0 Å². The molecule has 0 aliphatic carbocycles. The minimum atomic E-state index is -4.49. The Morgan fingerprint density at radius 3 is 2.39 bits per heavy atom. The van der Waals surface area contributed by atoms with Crippen LogP contribution in [-0.2, 0) is 22.9 Å². The van der Waals surface area contributed by atoms with Gasteiger partial charge in [0.2, 0.25) is 5.91 Å². The van der Waals surface area contributed by atoms with E-state index < -0.39 is 17.6 Å². The van der Waals surface area contributed by atoms with Gasteiger partial charge in [0.05, 0.1) is 24.1 Å². The van der Waals surface area contributed by atoms with Crippen LogP contribution in [0.4, 0.5) is 18.9 Å². The third-order valence-electron chi connectivity index (χ3n) is 5.43. The molecule has 2 aromatic heterocycles. The van der Waals surface area contributed by atoms with Gasteiger partial charge in [0.25, 0.3) is 0 Å².